The molecule has 1 aliphatic rings. The van der Waals surface area contributed by atoms with Crippen LogP contribution in [0.2, 0.25) is 0 Å². The number of hydrogen-bond acceptors (Lipinski definition) is 3. The Labute approximate surface area is 108 Å². The summed E-state index contributed by atoms with van der Waals surface area (Å²) in [6.45, 7) is 1.86. The molecule has 0 saturated carbocycles. The number of carbonyl (C=O) groups is 1. The van der Waals surface area contributed by atoms with E-state index in [1.165, 1.54) is 5.56 Å². The van der Waals surface area contributed by atoms with Crippen LogP contribution in [0.15, 0.2) is 30.3 Å². The second kappa shape index (κ2) is 6.52. The van der Waals surface area contributed by atoms with Crippen LogP contribution in [0.1, 0.15) is 24.4 Å². The minimum atomic E-state index is 0.0646. The van der Waals surface area contributed by atoms with Gasteiger partial charge in [0.2, 0.25) is 5.91 Å². The zero-order valence-electron chi connectivity index (χ0n) is 10.5. The van der Waals surface area contributed by atoms with E-state index in [1.54, 1.807) is 0 Å². The second-order valence-electron chi connectivity index (χ2n) is 4.50. The first-order chi connectivity index (χ1) is 8.83. The summed E-state index contributed by atoms with van der Waals surface area (Å²) in [4.78, 5) is 14.0. The van der Waals surface area contributed by atoms with Crippen LogP contribution in [0.3, 0.4) is 0 Å². The van der Waals surface area contributed by atoms with Crippen molar-refractivity contribution in [3.8, 4) is 0 Å². The number of amides is 1. The molecular weight excluding hydrogens is 228 g/mol. The molecule has 0 aromatic heterocycles. The van der Waals surface area contributed by atoms with E-state index < -0.39 is 0 Å². The van der Waals surface area contributed by atoms with Gasteiger partial charge in [-0.3, -0.25) is 4.79 Å². The van der Waals surface area contributed by atoms with Crippen LogP contribution in [-0.2, 0) is 9.53 Å². The van der Waals surface area contributed by atoms with Gasteiger partial charge in [0.15, 0.2) is 0 Å². The van der Waals surface area contributed by atoms with Crippen molar-refractivity contribution < 1.29 is 9.53 Å². The SMILES string of the molecule is NCCOCC(=O)N1CCCC1c1ccccc1. The van der Waals surface area contributed by atoms with Gasteiger partial charge in [-0.05, 0) is 18.4 Å². The molecule has 1 unspecified atom stereocenters. The average Bonchev–Trinajstić information content (AvgIpc) is 2.89. The van der Waals surface area contributed by atoms with Crippen LogP contribution in [-0.4, -0.2) is 37.1 Å². The third kappa shape index (κ3) is 3.09. The third-order valence-corrected chi connectivity index (χ3v) is 3.25. The largest absolute Gasteiger partial charge is 0.370 e. The molecule has 1 fully saturated rings. The molecule has 1 aromatic rings. The molecule has 1 heterocycles. The van der Waals surface area contributed by atoms with Gasteiger partial charge in [-0.2, -0.15) is 0 Å². The van der Waals surface area contributed by atoms with Crippen molar-refractivity contribution in [1.29, 1.82) is 0 Å². The van der Waals surface area contributed by atoms with Crippen molar-refractivity contribution in [2.24, 2.45) is 5.73 Å². The fraction of sp³-hybridized carbons (Fsp3) is 0.500. The Morgan fingerprint density at radius 3 is 2.89 bits per heavy atom. The molecule has 1 amide bonds. The van der Waals surface area contributed by atoms with Gasteiger partial charge in [0.25, 0.3) is 0 Å². The van der Waals surface area contributed by atoms with Gasteiger partial charge >= 0.3 is 0 Å². The van der Waals surface area contributed by atoms with E-state index in [1.807, 2.05) is 23.1 Å². The maximum atomic E-state index is 12.1. The normalized spacial score (nSPS) is 19.2. The maximum Gasteiger partial charge on any atom is 0.249 e. The summed E-state index contributed by atoms with van der Waals surface area (Å²) in [6, 6.07) is 10.4. The van der Waals surface area contributed by atoms with E-state index in [9.17, 15) is 4.79 Å². The summed E-state index contributed by atoms with van der Waals surface area (Å²) < 4.78 is 5.22. The van der Waals surface area contributed by atoms with Crippen LogP contribution in [0, 0.1) is 0 Å². The van der Waals surface area contributed by atoms with Crippen LogP contribution < -0.4 is 5.73 Å². The molecule has 4 nitrogen and oxygen atoms in total. The highest BCUT2D eigenvalue weighted by Crippen LogP contribution is 2.31. The Morgan fingerprint density at radius 1 is 1.39 bits per heavy atom. The standard InChI is InChI=1S/C14H20N2O2/c15-8-10-18-11-14(17)16-9-4-7-13(16)12-5-2-1-3-6-12/h1-3,5-6,13H,4,7-11,15H2. The number of nitrogens with two attached hydrogens (primary N) is 1. The highest BCUT2D eigenvalue weighted by molar-refractivity contribution is 5.78. The van der Waals surface area contributed by atoms with Crippen molar-refractivity contribution in [3.05, 3.63) is 35.9 Å². The molecule has 18 heavy (non-hydrogen) atoms. The lowest BCUT2D eigenvalue weighted by atomic mass is 10.0. The first kappa shape index (κ1) is 13.1. The molecule has 0 bridgehead atoms. The minimum absolute atomic E-state index is 0.0646. The molecule has 2 N–H and O–H groups in total. The molecule has 2 rings (SSSR count). The molecule has 0 aliphatic carbocycles. The van der Waals surface area contributed by atoms with Gasteiger partial charge in [-0.25, -0.2) is 0 Å². The molecule has 0 spiro atoms. The summed E-state index contributed by atoms with van der Waals surface area (Å²) in [5.41, 5.74) is 6.55. The first-order valence-corrected chi connectivity index (χ1v) is 6.45. The second-order valence-corrected chi connectivity index (χ2v) is 4.50. The van der Waals surface area contributed by atoms with E-state index in [0.717, 1.165) is 19.4 Å². The summed E-state index contributed by atoms with van der Waals surface area (Å²) in [7, 11) is 0. The smallest absolute Gasteiger partial charge is 0.249 e. The Balaban J connectivity index is 1.97. The molecule has 0 radical (unpaired) electrons. The summed E-state index contributed by atoms with van der Waals surface area (Å²) in [6.07, 6.45) is 2.09. The maximum absolute atomic E-state index is 12.1. The van der Waals surface area contributed by atoms with Gasteiger partial charge in [-0.1, -0.05) is 30.3 Å². The minimum Gasteiger partial charge on any atom is -0.370 e. The van der Waals surface area contributed by atoms with Gasteiger partial charge in [0.05, 0.1) is 12.6 Å². The predicted molar refractivity (Wildman–Crippen MR) is 70.0 cm³/mol. The summed E-state index contributed by atoms with van der Waals surface area (Å²) in [5, 5.41) is 0. The molecule has 1 atom stereocenters. The lowest BCUT2D eigenvalue weighted by Crippen LogP contribution is -2.34. The molecule has 1 aromatic carbocycles. The van der Waals surface area contributed by atoms with Crippen molar-refractivity contribution in [2.45, 2.75) is 18.9 Å². The lowest BCUT2D eigenvalue weighted by molar-refractivity contribution is -0.137. The molecular formula is C14H20N2O2. The highest BCUT2D eigenvalue weighted by Gasteiger charge is 2.29. The third-order valence-electron chi connectivity index (χ3n) is 3.25. The monoisotopic (exact) mass is 248 g/mol. The number of carbonyl (C=O) groups excluding carboxylic acids is 1. The lowest BCUT2D eigenvalue weighted by Gasteiger charge is -2.25. The Kier molecular flexibility index (Phi) is 4.73. The van der Waals surface area contributed by atoms with E-state index in [4.69, 9.17) is 10.5 Å². The molecule has 4 heteroatoms. The van der Waals surface area contributed by atoms with Crippen molar-refractivity contribution in [1.82, 2.24) is 4.90 Å². The fourth-order valence-corrected chi connectivity index (χ4v) is 2.41. The first-order valence-electron chi connectivity index (χ1n) is 6.45. The van der Waals surface area contributed by atoms with Gasteiger partial charge in [0, 0.05) is 13.1 Å². The fourth-order valence-electron chi connectivity index (χ4n) is 2.41. The predicted octanol–water partition coefficient (Wildman–Crippen LogP) is 1.33. The van der Waals surface area contributed by atoms with Crippen LogP contribution in [0.5, 0.6) is 0 Å². The van der Waals surface area contributed by atoms with E-state index in [-0.39, 0.29) is 18.6 Å². The van der Waals surface area contributed by atoms with Crippen LogP contribution >= 0.6 is 0 Å². The van der Waals surface area contributed by atoms with Gasteiger partial charge < -0.3 is 15.4 Å². The average molecular weight is 248 g/mol. The van der Waals surface area contributed by atoms with Gasteiger partial charge in [0.1, 0.15) is 6.61 Å². The zero-order chi connectivity index (χ0) is 12.8. The zero-order valence-corrected chi connectivity index (χ0v) is 10.5. The van der Waals surface area contributed by atoms with E-state index >= 15 is 0 Å². The number of rotatable bonds is 5. The van der Waals surface area contributed by atoms with Crippen molar-refractivity contribution in [3.63, 3.8) is 0 Å². The number of likely N-dealkylation sites (tertiary alicyclic amines) is 1. The summed E-state index contributed by atoms with van der Waals surface area (Å²) in [5.74, 6) is 0.0646. The number of benzene rings is 1. The molecule has 1 saturated heterocycles. The molecule has 1 aliphatic heterocycles. The van der Waals surface area contributed by atoms with E-state index in [2.05, 4.69) is 12.1 Å². The topological polar surface area (TPSA) is 55.6 Å². The number of ether oxygens (including phenoxy) is 1. The number of nitrogens with zero attached hydrogens (tertiary/aromatic N) is 1. The van der Waals surface area contributed by atoms with E-state index in [0.29, 0.717) is 13.2 Å². The quantitative estimate of drug-likeness (QED) is 0.800. The highest BCUT2D eigenvalue weighted by atomic mass is 16.5. The Morgan fingerprint density at radius 2 is 2.17 bits per heavy atom. The van der Waals surface area contributed by atoms with Crippen molar-refractivity contribution >= 4 is 5.91 Å². The van der Waals surface area contributed by atoms with Gasteiger partial charge in [-0.15, -0.1) is 0 Å². The molecule has 98 valence electrons. The van der Waals surface area contributed by atoms with Crippen LogP contribution in [0.4, 0.5) is 0 Å². The van der Waals surface area contributed by atoms with Crippen LogP contribution in [0.25, 0.3) is 0 Å². The Hall–Kier alpha value is -1.39. The van der Waals surface area contributed by atoms with Crippen molar-refractivity contribution in [2.75, 3.05) is 26.3 Å². The Bertz CT molecular complexity index is 381. The number of hydrogen-bond donors (Lipinski definition) is 1. The summed E-state index contributed by atoms with van der Waals surface area (Å²) >= 11 is 0.